The third-order valence-electron chi connectivity index (χ3n) is 5.16. The number of nitrogens with one attached hydrogen (secondary N) is 1. The molecular weight excluding hydrogens is 348 g/mol. The van der Waals surface area contributed by atoms with Gasteiger partial charge in [-0.2, -0.15) is 0 Å². The first-order chi connectivity index (χ1) is 12.3. The van der Waals surface area contributed by atoms with Crippen molar-refractivity contribution >= 4 is 29.1 Å². The highest BCUT2D eigenvalue weighted by molar-refractivity contribution is 6.30. The highest BCUT2D eigenvalue weighted by atomic mass is 35.5. The molecule has 1 aliphatic rings. The van der Waals surface area contributed by atoms with Crippen molar-refractivity contribution < 1.29 is 9.59 Å². The Morgan fingerprint density at radius 1 is 1.12 bits per heavy atom. The van der Waals surface area contributed by atoms with E-state index < -0.39 is 5.41 Å². The fourth-order valence-corrected chi connectivity index (χ4v) is 3.37. The molecule has 0 aliphatic heterocycles. The zero-order chi connectivity index (χ0) is 18.9. The molecule has 0 aromatic heterocycles. The molecule has 1 saturated carbocycles. The maximum atomic E-state index is 12.9. The average Bonchev–Trinajstić information content (AvgIpc) is 3.40. The highest BCUT2D eigenvalue weighted by Gasteiger charge is 2.52. The van der Waals surface area contributed by atoms with Gasteiger partial charge in [-0.05, 0) is 61.6 Å². The van der Waals surface area contributed by atoms with Crippen LogP contribution in [0.15, 0.2) is 42.5 Å². The maximum absolute atomic E-state index is 12.9. The van der Waals surface area contributed by atoms with Crippen molar-refractivity contribution in [3.8, 4) is 0 Å². The minimum atomic E-state index is -0.501. The van der Waals surface area contributed by atoms with Gasteiger partial charge in [-0.15, -0.1) is 0 Å². The molecule has 2 aromatic carbocycles. The first kappa shape index (κ1) is 18.5. The van der Waals surface area contributed by atoms with Crippen molar-refractivity contribution in [2.24, 2.45) is 0 Å². The molecule has 26 heavy (non-hydrogen) atoms. The van der Waals surface area contributed by atoms with Crippen molar-refractivity contribution in [2.45, 2.75) is 32.1 Å². The lowest BCUT2D eigenvalue weighted by Gasteiger charge is -2.23. The van der Waals surface area contributed by atoms with Crippen LogP contribution in [0.25, 0.3) is 0 Å². The summed E-state index contributed by atoms with van der Waals surface area (Å²) in [5.74, 6) is -0.211. The fourth-order valence-electron chi connectivity index (χ4n) is 3.25. The van der Waals surface area contributed by atoms with Crippen molar-refractivity contribution in [1.82, 2.24) is 4.90 Å². The number of likely N-dealkylation sites (N-methyl/N-ethyl adjacent to an activating group) is 1. The average molecular weight is 371 g/mol. The quantitative estimate of drug-likeness (QED) is 0.861. The van der Waals surface area contributed by atoms with Gasteiger partial charge in [0.25, 0.3) is 0 Å². The van der Waals surface area contributed by atoms with E-state index in [-0.39, 0.29) is 18.4 Å². The first-order valence-corrected chi connectivity index (χ1v) is 9.09. The molecule has 0 bridgehead atoms. The molecule has 136 valence electrons. The van der Waals surface area contributed by atoms with Crippen LogP contribution in [0.3, 0.4) is 0 Å². The standard InChI is InChI=1S/C21H23ClN2O2/c1-14-5-4-6-18(15(14)2)23-19(25)13-24(3)20(26)21(11-12-21)16-7-9-17(22)10-8-16/h4-10H,11-13H2,1-3H3,(H,23,25). The van der Waals surface area contributed by atoms with E-state index in [9.17, 15) is 9.59 Å². The number of hydrogen-bond donors (Lipinski definition) is 1. The van der Waals surface area contributed by atoms with Crippen LogP contribution < -0.4 is 5.32 Å². The lowest BCUT2D eigenvalue weighted by molar-refractivity contribution is -0.135. The fraction of sp³-hybridized carbons (Fsp3) is 0.333. The highest BCUT2D eigenvalue weighted by Crippen LogP contribution is 2.49. The molecule has 1 N–H and O–H groups in total. The number of anilines is 1. The molecule has 2 amide bonds. The normalized spacial score (nSPS) is 14.6. The van der Waals surface area contributed by atoms with E-state index >= 15 is 0 Å². The summed E-state index contributed by atoms with van der Waals surface area (Å²) in [6.45, 7) is 4.00. The lowest BCUT2D eigenvalue weighted by Crippen LogP contribution is -2.41. The molecule has 3 rings (SSSR count). The molecule has 0 unspecified atom stereocenters. The van der Waals surface area contributed by atoms with Crippen LogP contribution in [-0.2, 0) is 15.0 Å². The van der Waals surface area contributed by atoms with Crippen LogP contribution in [0.1, 0.15) is 29.5 Å². The smallest absolute Gasteiger partial charge is 0.243 e. The van der Waals surface area contributed by atoms with Crippen LogP contribution in [0.5, 0.6) is 0 Å². The SMILES string of the molecule is Cc1cccc(NC(=O)CN(C)C(=O)C2(c3ccc(Cl)cc3)CC2)c1C. The van der Waals surface area contributed by atoms with Gasteiger partial charge < -0.3 is 10.2 Å². The molecule has 1 aliphatic carbocycles. The molecule has 0 saturated heterocycles. The number of hydrogen-bond acceptors (Lipinski definition) is 2. The summed E-state index contributed by atoms with van der Waals surface area (Å²) in [4.78, 5) is 26.8. The van der Waals surface area contributed by atoms with Gasteiger partial charge in [0.2, 0.25) is 11.8 Å². The zero-order valence-corrected chi connectivity index (χ0v) is 16.1. The van der Waals surface area contributed by atoms with Gasteiger partial charge in [0.05, 0.1) is 12.0 Å². The zero-order valence-electron chi connectivity index (χ0n) is 15.3. The Hall–Kier alpha value is -2.33. The Labute approximate surface area is 159 Å². The van der Waals surface area contributed by atoms with E-state index in [2.05, 4.69) is 5.32 Å². The van der Waals surface area contributed by atoms with E-state index in [4.69, 9.17) is 11.6 Å². The largest absolute Gasteiger partial charge is 0.336 e. The van der Waals surface area contributed by atoms with Gasteiger partial charge in [0, 0.05) is 17.8 Å². The number of aryl methyl sites for hydroxylation is 1. The number of nitrogens with zero attached hydrogens (tertiary/aromatic N) is 1. The molecular formula is C21H23ClN2O2. The number of amides is 2. The van der Waals surface area contributed by atoms with E-state index in [0.29, 0.717) is 5.02 Å². The minimum absolute atomic E-state index is 0.0177. The van der Waals surface area contributed by atoms with Gasteiger partial charge in [-0.1, -0.05) is 35.9 Å². The monoisotopic (exact) mass is 370 g/mol. The molecule has 0 spiro atoms. The molecule has 0 atom stereocenters. The van der Waals surface area contributed by atoms with Crippen molar-refractivity contribution in [2.75, 3.05) is 18.9 Å². The van der Waals surface area contributed by atoms with Gasteiger partial charge in [0.15, 0.2) is 0 Å². The van der Waals surface area contributed by atoms with Gasteiger partial charge >= 0.3 is 0 Å². The van der Waals surface area contributed by atoms with Crippen LogP contribution in [0.4, 0.5) is 5.69 Å². The van der Waals surface area contributed by atoms with Gasteiger partial charge in [-0.3, -0.25) is 9.59 Å². The van der Waals surface area contributed by atoms with E-state index in [0.717, 1.165) is 35.2 Å². The third kappa shape index (κ3) is 3.61. The second kappa shape index (κ2) is 7.12. The van der Waals surface area contributed by atoms with Gasteiger partial charge in [0.1, 0.15) is 0 Å². The van der Waals surface area contributed by atoms with Crippen molar-refractivity contribution in [3.63, 3.8) is 0 Å². The predicted octanol–water partition coefficient (Wildman–Crippen LogP) is 4.09. The number of rotatable bonds is 5. The van der Waals surface area contributed by atoms with Gasteiger partial charge in [-0.25, -0.2) is 0 Å². The summed E-state index contributed by atoms with van der Waals surface area (Å²) in [6.07, 6.45) is 1.60. The van der Waals surface area contributed by atoms with Crippen LogP contribution in [0, 0.1) is 13.8 Å². The summed E-state index contributed by atoms with van der Waals surface area (Å²) in [5.41, 5.74) is 3.41. The maximum Gasteiger partial charge on any atom is 0.243 e. The van der Waals surface area contributed by atoms with E-state index in [1.165, 1.54) is 4.90 Å². The van der Waals surface area contributed by atoms with Crippen molar-refractivity contribution in [3.05, 3.63) is 64.2 Å². The second-order valence-electron chi connectivity index (χ2n) is 7.05. The van der Waals surface area contributed by atoms with E-state index in [1.54, 1.807) is 19.2 Å². The summed E-state index contributed by atoms with van der Waals surface area (Å²) < 4.78 is 0. The summed E-state index contributed by atoms with van der Waals surface area (Å²) in [6, 6.07) is 13.2. The molecule has 0 heterocycles. The molecule has 4 nitrogen and oxygen atoms in total. The van der Waals surface area contributed by atoms with Crippen molar-refractivity contribution in [1.29, 1.82) is 0 Å². The number of halogens is 1. The number of benzene rings is 2. The van der Waals surface area contributed by atoms with E-state index in [1.807, 2.05) is 44.2 Å². The summed E-state index contributed by atoms with van der Waals surface area (Å²) in [5, 5.41) is 3.56. The topological polar surface area (TPSA) is 49.4 Å². The third-order valence-corrected chi connectivity index (χ3v) is 5.41. The van der Waals surface area contributed by atoms with Crippen LogP contribution in [-0.4, -0.2) is 30.3 Å². The second-order valence-corrected chi connectivity index (χ2v) is 7.48. The number of carbonyl (C=O) groups is 2. The molecule has 0 radical (unpaired) electrons. The minimum Gasteiger partial charge on any atom is -0.336 e. The molecule has 5 heteroatoms. The predicted molar refractivity (Wildman–Crippen MR) is 105 cm³/mol. The van der Waals surface area contributed by atoms with Crippen LogP contribution >= 0.6 is 11.6 Å². The summed E-state index contributed by atoms with van der Waals surface area (Å²) in [7, 11) is 1.68. The Morgan fingerprint density at radius 2 is 1.77 bits per heavy atom. The number of carbonyl (C=O) groups excluding carboxylic acids is 2. The Kier molecular flexibility index (Phi) is 5.05. The Bertz CT molecular complexity index is 842. The molecule has 1 fully saturated rings. The summed E-state index contributed by atoms with van der Waals surface area (Å²) >= 11 is 5.95. The molecule has 2 aromatic rings. The first-order valence-electron chi connectivity index (χ1n) is 8.71. The lowest BCUT2D eigenvalue weighted by atomic mass is 9.94. The Morgan fingerprint density at radius 3 is 2.38 bits per heavy atom. The Balaban J connectivity index is 1.66. The van der Waals surface area contributed by atoms with Crippen LogP contribution in [0.2, 0.25) is 5.02 Å².